The molecule has 0 atom stereocenters. The summed E-state index contributed by atoms with van der Waals surface area (Å²) in [6.45, 7) is 4.22. The highest BCUT2D eigenvalue weighted by atomic mass is 35.5. The monoisotopic (exact) mass is 272 g/mol. The predicted molar refractivity (Wildman–Crippen MR) is 75.6 cm³/mol. The minimum atomic E-state index is -0.141. The third kappa shape index (κ3) is 4.92. The number of hydrogen-bond donors (Lipinski definition) is 1. The molecule has 1 aromatic rings. The molecule has 1 aromatic carbocycles. The smallest absolute Gasteiger partial charge is 0.123 e. The molecule has 1 aliphatic rings. The van der Waals surface area contributed by atoms with Gasteiger partial charge in [-0.15, -0.1) is 12.4 Å². The molecule has 0 bridgehead atoms. The molecule has 0 amide bonds. The van der Waals surface area contributed by atoms with Crippen molar-refractivity contribution in [2.75, 3.05) is 26.7 Å². The summed E-state index contributed by atoms with van der Waals surface area (Å²) in [5.41, 5.74) is 1.06. The predicted octanol–water partition coefficient (Wildman–Crippen LogP) is 2.68. The van der Waals surface area contributed by atoms with Crippen LogP contribution in [0.4, 0.5) is 4.39 Å². The first-order valence-corrected chi connectivity index (χ1v) is 6.38. The van der Waals surface area contributed by atoms with Gasteiger partial charge in [-0.1, -0.05) is 12.1 Å². The summed E-state index contributed by atoms with van der Waals surface area (Å²) in [5.74, 6) is 0.646. The van der Waals surface area contributed by atoms with Gasteiger partial charge < -0.3 is 10.2 Å². The average molecular weight is 273 g/mol. The van der Waals surface area contributed by atoms with E-state index in [0.29, 0.717) is 0 Å². The molecule has 0 aromatic heterocycles. The van der Waals surface area contributed by atoms with E-state index in [1.807, 2.05) is 6.07 Å². The topological polar surface area (TPSA) is 15.3 Å². The molecule has 1 N–H and O–H groups in total. The van der Waals surface area contributed by atoms with Crippen molar-refractivity contribution in [1.29, 1.82) is 0 Å². The van der Waals surface area contributed by atoms with Crippen molar-refractivity contribution in [3.05, 3.63) is 35.6 Å². The summed E-state index contributed by atoms with van der Waals surface area (Å²) >= 11 is 0. The fourth-order valence-corrected chi connectivity index (χ4v) is 2.52. The van der Waals surface area contributed by atoms with Crippen molar-refractivity contribution in [1.82, 2.24) is 10.2 Å². The van der Waals surface area contributed by atoms with E-state index in [0.717, 1.165) is 37.7 Å². The van der Waals surface area contributed by atoms with Crippen LogP contribution >= 0.6 is 12.4 Å². The maximum atomic E-state index is 13.0. The van der Waals surface area contributed by atoms with Crippen molar-refractivity contribution >= 4 is 12.4 Å². The normalized spacial score (nSPS) is 16.6. The highest BCUT2D eigenvalue weighted by Crippen LogP contribution is 2.14. The maximum Gasteiger partial charge on any atom is 0.123 e. The second kappa shape index (κ2) is 7.72. The van der Waals surface area contributed by atoms with Gasteiger partial charge in [0.25, 0.3) is 0 Å². The van der Waals surface area contributed by atoms with Gasteiger partial charge in [-0.05, 0) is 56.6 Å². The van der Waals surface area contributed by atoms with E-state index >= 15 is 0 Å². The van der Waals surface area contributed by atoms with E-state index in [9.17, 15) is 4.39 Å². The molecule has 4 heteroatoms. The minimum absolute atomic E-state index is 0. The quantitative estimate of drug-likeness (QED) is 0.907. The van der Waals surface area contributed by atoms with Crippen LogP contribution in [0.3, 0.4) is 0 Å². The molecule has 18 heavy (non-hydrogen) atoms. The Morgan fingerprint density at radius 3 is 2.72 bits per heavy atom. The Hall–Kier alpha value is -0.640. The molecule has 0 aliphatic carbocycles. The van der Waals surface area contributed by atoms with E-state index < -0.39 is 0 Å². The van der Waals surface area contributed by atoms with Crippen LogP contribution in [0.2, 0.25) is 0 Å². The molecular formula is C14H22ClFN2. The first-order chi connectivity index (χ1) is 8.24. The van der Waals surface area contributed by atoms with Crippen molar-refractivity contribution in [2.45, 2.75) is 19.4 Å². The number of nitrogens with one attached hydrogen (secondary N) is 1. The van der Waals surface area contributed by atoms with E-state index in [2.05, 4.69) is 17.3 Å². The van der Waals surface area contributed by atoms with Crippen molar-refractivity contribution in [2.24, 2.45) is 5.92 Å². The number of rotatable bonds is 4. The Kier molecular flexibility index (Phi) is 6.61. The molecular weight excluding hydrogens is 251 g/mol. The number of piperidine rings is 1. The highest BCUT2D eigenvalue weighted by Gasteiger charge is 2.14. The van der Waals surface area contributed by atoms with E-state index in [-0.39, 0.29) is 18.2 Å². The van der Waals surface area contributed by atoms with Gasteiger partial charge in [-0.3, -0.25) is 0 Å². The van der Waals surface area contributed by atoms with Crippen LogP contribution in [0.25, 0.3) is 0 Å². The largest absolute Gasteiger partial charge is 0.317 e. The van der Waals surface area contributed by atoms with Gasteiger partial charge in [0.05, 0.1) is 0 Å². The minimum Gasteiger partial charge on any atom is -0.317 e. The van der Waals surface area contributed by atoms with Crippen LogP contribution in [0.5, 0.6) is 0 Å². The summed E-state index contributed by atoms with van der Waals surface area (Å²) < 4.78 is 13.0. The summed E-state index contributed by atoms with van der Waals surface area (Å²) in [6.07, 6.45) is 2.51. The zero-order valence-corrected chi connectivity index (χ0v) is 11.7. The Balaban J connectivity index is 0.00000162. The van der Waals surface area contributed by atoms with Crippen LogP contribution in [0, 0.1) is 11.7 Å². The lowest BCUT2D eigenvalue weighted by Gasteiger charge is -2.27. The molecule has 0 unspecified atom stereocenters. The first-order valence-electron chi connectivity index (χ1n) is 6.38. The molecule has 0 spiro atoms. The number of halogens is 2. The van der Waals surface area contributed by atoms with Gasteiger partial charge in [0, 0.05) is 13.1 Å². The van der Waals surface area contributed by atoms with Crippen LogP contribution in [0.1, 0.15) is 18.4 Å². The molecule has 0 radical (unpaired) electrons. The molecule has 1 saturated heterocycles. The fourth-order valence-electron chi connectivity index (χ4n) is 2.52. The third-order valence-corrected chi connectivity index (χ3v) is 3.37. The van der Waals surface area contributed by atoms with Gasteiger partial charge >= 0.3 is 0 Å². The van der Waals surface area contributed by atoms with Crippen molar-refractivity contribution < 1.29 is 4.39 Å². The van der Waals surface area contributed by atoms with Gasteiger partial charge in [0.15, 0.2) is 0 Å². The zero-order valence-electron chi connectivity index (χ0n) is 10.9. The summed E-state index contributed by atoms with van der Waals surface area (Å²) in [5, 5.41) is 3.38. The van der Waals surface area contributed by atoms with Crippen molar-refractivity contribution in [3.8, 4) is 0 Å². The molecule has 0 saturated carbocycles. The first kappa shape index (κ1) is 15.4. The summed E-state index contributed by atoms with van der Waals surface area (Å²) in [4.78, 5) is 2.30. The van der Waals surface area contributed by atoms with Crippen LogP contribution in [-0.4, -0.2) is 31.6 Å². The Morgan fingerprint density at radius 1 is 1.33 bits per heavy atom. The summed E-state index contributed by atoms with van der Waals surface area (Å²) in [7, 11) is 2.12. The molecule has 1 heterocycles. The lowest BCUT2D eigenvalue weighted by atomic mass is 9.97. The van der Waals surface area contributed by atoms with E-state index in [1.165, 1.54) is 18.9 Å². The van der Waals surface area contributed by atoms with Gasteiger partial charge in [-0.25, -0.2) is 4.39 Å². The lowest BCUT2D eigenvalue weighted by Crippen LogP contribution is -2.34. The van der Waals surface area contributed by atoms with E-state index in [4.69, 9.17) is 0 Å². The van der Waals surface area contributed by atoms with Crippen LogP contribution in [-0.2, 0) is 6.54 Å². The standard InChI is InChI=1S/C14H21FN2.ClH/c1-17(10-12-5-7-16-8-6-12)11-13-3-2-4-14(15)9-13;/h2-4,9,12,16H,5-8,10-11H2,1H3;1H. The van der Waals surface area contributed by atoms with Crippen molar-refractivity contribution in [3.63, 3.8) is 0 Å². The molecule has 1 aliphatic heterocycles. The van der Waals surface area contributed by atoms with Gasteiger partial charge in [0.2, 0.25) is 0 Å². The number of benzene rings is 1. The Morgan fingerprint density at radius 2 is 2.06 bits per heavy atom. The molecule has 2 rings (SSSR count). The Bertz CT molecular complexity index is 353. The fraction of sp³-hybridized carbons (Fsp3) is 0.571. The number of nitrogens with zero attached hydrogens (tertiary/aromatic N) is 1. The summed E-state index contributed by atoms with van der Waals surface area (Å²) in [6, 6.07) is 6.89. The van der Waals surface area contributed by atoms with Crippen LogP contribution in [0.15, 0.2) is 24.3 Å². The number of hydrogen-bond acceptors (Lipinski definition) is 2. The third-order valence-electron chi connectivity index (χ3n) is 3.37. The molecule has 2 nitrogen and oxygen atoms in total. The SMILES string of the molecule is CN(Cc1cccc(F)c1)CC1CCNCC1.Cl. The molecule has 1 fully saturated rings. The van der Waals surface area contributed by atoms with Crippen LogP contribution < -0.4 is 5.32 Å². The van der Waals surface area contributed by atoms with Gasteiger partial charge in [0.1, 0.15) is 5.82 Å². The van der Waals surface area contributed by atoms with E-state index in [1.54, 1.807) is 12.1 Å². The van der Waals surface area contributed by atoms with Gasteiger partial charge in [-0.2, -0.15) is 0 Å². The second-order valence-corrected chi connectivity index (χ2v) is 5.02. The maximum absolute atomic E-state index is 13.0. The highest BCUT2D eigenvalue weighted by molar-refractivity contribution is 5.85. The zero-order chi connectivity index (χ0) is 12.1. The second-order valence-electron chi connectivity index (χ2n) is 5.02. The molecule has 102 valence electrons. The lowest BCUT2D eigenvalue weighted by molar-refractivity contribution is 0.234. The Labute approximate surface area is 115 Å². The average Bonchev–Trinajstić information content (AvgIpc) is 2.30.